The second-order valence-corrected chi connectivity index (χ2v) is 7.31. The number of hydrogen-bond acceptors (Lipinski definition) is 3. The number of benzene rings is 1. The first kappa shape index (κ1) is 14.0. The lowest BCUT2D eigenvalue weighted by Gasteiger charge is -2.24. The molecule has 1 aliphatic rings. The number of nitrogens with one attached hydrogen (secondary N) is 1. The standard InChI is InChI=1S/C12H17BrN2O2S/c1-9-4-3-5-11(12(9)13)18(16,17)15(2)10-6-7-14-8-10/h3-5,10,14H,6-8H2,1-2H3. The van der Waals surface area contributed by atoms with Crippen molar-refractivity contribution in [3.63, 3.8) is 0 Å². The van der Waals surface area contributed by atoms with Crippen molar-refractivity contribution >= 4 is 26.0 Å². The van der Waals surface area contributed by atoms with Gasteiger partial charge in [-0.1, -0.05) is 12.1 Å². The van der Waals surface area contributed by atoms with E-state index >= 15 is 0 Å². The molecule has 0 aliphatic carbocycles. The van der Waals surface area contributed by atoms with Gasteiger partial charge in [-0.3, -0.25) is 0 Å². The summed E-state index contributed by atoms with van der Waals surface area (Å²) in [5.41, 5.74) is 0.925. The molecule has 1 fully saturated rings. The minimum Gasteiger partial charge on any atom is -0.315 e. The maximum absolute atomic E-state index is 12.6. The third-order valence-electron chi connectivity index (χ3n) is 3.36. The number of halogens is 1. The molecule has 6 heteroatoms. The van der Waals surface area contributed by atoms with Gasteiger partial charge in [-0.2, -0.15) is 4.31 Å². The van der Waals surface area contributed by atoms with E-state index in [0.717, 1.165) is 25.1 Å². The molecule has 1 aromatic rings. The Kier molecular flexibility index (Phi) is 4.11. The molecule has 18 heavy (non-hydrogen) atoms. The van der Waals surface area contributed by atoms with Crippen molar-refractivity contribution in [2.24, 2.45) is 0 Å². The fraction of sp³-hybridized carbons (Fsp3) is 0.500. The first-order valence-electron chi connectivity index (χ1n) is 5.88. The summed E-state index contributed by atoms with van der Waals surface area (Å²) in [6.07, 6.45) is 0.860. The van der Waals surface area contributed by atoms with Gasteiger partial charge in [0, 0.05) is 24.1 Å². The van der Waals surface area contributed by atoms with Gasteiger partial charge in [0.1, 0.15) is 0 Å². The molecule has 2 rings (SSSR count). The predicted molar refractivity (Wildman–Crippen MR) is 75.1 cm³/mol. The van der Waals surface area contributed by atoms with E-state index < -0.39 is 10.0 Å². The number of rotatable bonds is 3. The van der Waals surface area contributed by atoms with Gasteiger partial charge in [0.2, 0.25) is 10.0 Å². The Balaban J connectivity index is 2.38. The molecular weight excluding hydrogens is 316 g/mol. The second kappa shape index (κ2) is 5.28. The first-order chi connectivity index (χ1) is 8.44. The summed E-state index contributed by atoms with van der Waals surface area (Å²) < 4.78 is 27.3. The van der Waals surface area contributed by atoms with Crippen molar-refractivity contribution in [1.82, 2.24) is 9.62 Å². The van der Waals surface area contributed by atoms with Crippen molar-refractivity contribution in [1.29, 1.82) is 0 Å². The van der Waals surface area contributed by atoms with E-state index in [1.54, 1.807) is 19.2 Å². The molecule has 1 aliphatic heterocycles. The minimum atomic E-state index is -3.43. The summed E-state index contributed by atoms with van der Waals surface area (Å²) in [4.78, 5) is 0.344. The molecule has 1 atom stereocenters. The van der Waals surface area contributed by atoms with E-state index in [4.69, 9.17) is 0 Å². The molecule has 0 saturated carbocycles. The molecule has 0 bridgehead atoms. The topological polar surface area (TPSA) is 49.4 Å². The summed E-state index contributed by atoms with van der Waals surface area (Å²) >= 11 is 3.37. The molecule has 1 saturated heterocycles. The number of hydrogen-bond donors (Lipinski definition) is 1. The highest BCUT2D eigenvalue weighted by Crippen LogP contribution is 2.28. The van der Waals surface area contributed by atoms with Crippen LogP contribution >= 0.6 is 15.9 Å². The molecule has 0 radical (unpaired) electrons. The van der Waals surface area contributed by atoms with Crippen LogP contribution < -0.4 is 5.32 Å². The molecular formula is C12H17BrN2O2S. The van der Waals surface area contributed by atoms with Gasteiger partial charge in [0.05, 0.1) is 4.90 Å². The van der Waals surface area contributed by atoms with Crippen molar-refractivity contribution in [3.05, 3.63) is 28.2 Å². The summed E-state index contributed by atoms with van der Waals surface area (Å²) in [5, 5.41) is 3.18. The smallest absolute Gasteiger partial charge is 0.244 e. The Labute approximate surface area is 117 Å². The van der Waals surface area contributed by atoms with Crippen molar-refractivity contribution in [3.8, 4) is 0 Å². The molecule has 0 aromatic heterocycles. The van der Waals surface area contributed by atoms with Crippen LogP contribution in [0.1, 0.15) is 12.0 Å². The van der Waals surface area contributed by atoms with Crippen LogP contribution in [-0.4, -0.2) is 38.9 Å². The van der Waals surface area contributed by atoms with Crippen molar-refractivity contribution in [2.45, 2.75) is 24.3 Å². The van der Waals surface area contributed by atoms with E-state index in [1.165, 1.54) is 4.31 Å². The van der Waals surface area contributed by atoms with Gasteiger partial charge in [-0.15, -0.1) is 0 Å². The lowest BCUT2D eigenvalue weighted by Crippen LogP contribution is -2.38. The van der Waals surface area contributed by atoms with E-state index in [1.807, 2.05) is 13.0 Å². The van der Waals surface area contributed by atoms with Gasteiger partial charge in [0.15, 0.2) is 0 Å². The van der Waals surface area contributed by atoms with Crippen LogP contribution in [0.25, 0.3) is 0 Å². The first-order valence-corrected chi connectivity index (χ1v) is 8.12. The Morgan fingerprint density at radius 1 is 1.44 bits per heavy atom. The predicted octanol–water partition coefficient (Wildman–Crippen LogP) is 1.74. The van der Waals surface area contributed by atoms with Crippen molar-refractivity contribution < 1.29 is 8.42 Å². The number of aryl methyl sites for hydroxylation is 1. The van der Waals surface area contributed by atoms with Crippen LogP contribution in [0.2, 0.25) is 0 Å². The third-order valence-corrected chi connectivity index (χ3v) is 6.63. The maximum Gasteiger partial charge on any atom is 0.244 e. The Morgan fingerprint density at radius 2 is 2.17 bits per heavy atom. The molecule has 0 amide bonds. The Bertz CT molecular complexity index is 539. The average molecular weight is 333 g/mol. The van der Waals surface area contributed by atoms with E-state index in [-0.39, 0.29) is 6.04 Å². The van der Waals surface area contributed by atoms with Crippen molar-refractivity contribution in [2.75, 3.05) is 20.1 Å². The molecule has 0 spiro atoms. The van der Waals surface area contributed by atoms with E-state index in [9.17, 15) is 8.42 Å². The van der Waals surface area contributed by atoms with Gasteiger partial charge in [0.25, 0.3) is 0 Å². The summed E-state index contributed by atoms with van der Waals surface area (Å²) in [6, 6.07) is 5.35. The van der Waals surface area contributed by atoms with E-state index in [2.05, 4.69) is 21.2 Å². The zero-order chi connectivity index (χ0) is 13.3. The van der Waals surface area contributed by atoms with E-state index in [0.29, 0.717) is 9.37 Å². The number of likely N-dealkylation sites (N-methyl/N-ethyl adjacent to an activating group) is 1. The summed E-state index contributed by atoms with van der Waals surface area (Å²) in [5.74, 6) is 0. The lowest BCUT2D eigenvalue weighted by atomic mass is 10.2. The van der Waals surface area contributed by atoms with Gasteiger partial charge >= 0.3 is 0 Å². The average Bonchev–Trinajstić information content (AvgIpc) is 2.85. The molecule has 100 valence electrons. The SMILES string of the molecule is Cc1cccc(S(=O)(=O)N(C)C2CCNC2)c1Br. The second-order valence-electron chi connectivity index (χ2n) is 4.55. The fourth-order valence-corrected chi connectivity index (χ4v) is 4.52. The Morgan fingerprint density at radius 3 is 2.78 bits per heavy atom. The third kappa shape index (κ3) is 2.47. The minimum absolute atomic E-state index is 0.0439. The van der Waals surface area contributed by atoms with Crippen LogP contribution in [0.3, 0.4) is 0 Å². The zero-order valence-corrected chi connectivity index (χ0v) is 12.9. The monoisotopic (exact) mass is 332 g/mol. The van der Waals surface area contributed by atoms with Crippen LogP contribution in [0.4, 0.5) is 0 Å². The molecule has 1 heterocycles. The number of sulfonamides is 1. The highest BCUT2D eigenvalue weighted by molar-refractivity contribution is 9.10. The highest BCUT2D eigenvalue weighted by atomic mass is 79.9. The lowest BCUT2D eigenvalue weighted by molar-refractivity contribution is 0.387. The number of nitrogens with zero attached hydrogens (tertiary/aromatic N) is 1. The zero-order valence-electron chi connectivity index (χ0n) is 10.5. The Hall–Kier alpha value is -0.430. The van der Waals surface area contributed by atoms with Crippen LogP contribution in [-0.2, 0) is 10.0 Å². The maximum atomic E-state index is 12.6. The quantitative estimate of drug-likeness (QED) is 0.917. The summed E-state index contributed by atoms with van der Waals surface area (Å²) in [6.45, 7) is 3.49. The molecule has 1 N–H and O–H groups in total. The van der Waals surface area contributed by atoms with Crippen LogP contribution in [0.5, 0.6) is 0 Å². The highest BCUT2D eigenvalue weighted by Gasteiger charge is 2.31. The van der Waals surface area contributed by atoms with Gasteiger partial charge in [-0.25, -0.2) is 8.42 Å². The van der Waals surface area contributed by atoms with Crippen LogP contribution in [0, 0.1) is 6.92 Å². The molecule has 1 unspecified atom stereocenters. The van der Waals surface area contributed by atoms with Crippen LogP contribution in [0.15, 0.2) is 27.6 Å². The van der Waals surface area contributed by atoms with Gasteiger partial charge < -0.3 is 5.32 Å². The largest absolute Gasteiger partial charge is 0.315 e. The molecule has 1 aromatic carbocycles. The molecule has 4 nitrogen and oxygen atoms in total. The fourth-order valence-electron chi connectivity index (χ4n) is 2.12. The normalized spacial score (nSPS) is 20.6. The van der Waals surface area contributed by atoms with Gasteiger partial charge in [-0.05, 0) is 47.4 Å². The summed E-state index contributed by atoms with van der Waals surface area (Å²) in [7, 11) is -1.77.